The van der Waals surface area contributed by atoms with Crippen molar-refractivity contribution in [2.24, 2.45) is 0 Å². The molecule has 0 amide bonds. The highest BCUT2D eigenvalue weighted by Gasteiger charge is 2.24. The Hall–Kier alpha value is -1.88. The first-order valence-electron chi connectivity index (χ1n) is 5.63. The van der Waals surface area contributed by atoms with Gasteiger partial charge in [-0.05, 0) is 6.92 Å². The van der Waals surface area contributed by atoms with Gasteiger partial charge in [0.05, 0.1) is 6.61 Å². The molecule has 0 saturated heterocycles. The van der Waals surface area contributed by atoms with Gasteiger partial charge in [0, 0.05) is 6.42 Å². The van der Waals surface area contributed by atoms with Crippen LogP contribution in [0.1, 0.15) is 13.3 Å². The summed E-state index contributed by atoms with van der Waals surface area (Å²) in [5, 5.41) is 7.89. The Morgan fingerprint density at radius 3 is 1.95 bits per heavy atom. The van der Waals surface area contributed by atoms with Crippen LogP contribution in [0.15, 0.2) is 0 Å². The molecule has 2 atom stereocenters. The number of carboxylic acid groups (broad SMARTS) is 1. The number of alkyl halides is 6. The van der Waals surface area contributed by atoms with Gasteiger partial charge >= 0.3 is 25.1 Å². The van der Waals surface area contributed by atoms with Crippen molar-refractivity contribution in [3.63, 3.8) is 0 Å². The quantitative estimate of drug-likeness (QED) is 0.563. The lowest BCUT2D eigenvalue weighted by Gasteiger charge is -2.10. The van der Waals surface area contributed by atoms with Gasteiger partial charge in [-0.25, -0.2) is 31.5 Å². The first-order chi connectivity index (χ1) is 10.1. The highest BCUT2D eigenvalue weighted by molar-refractivity contribution is 5.59. The van der Waals surface area contributed by atoms with Gasteiger partial charge in [-0.2, -0.15) is 4.39 Å². The molecule has 0 radical (unpaired) electrons. The maximum absolute atomic E-state index is 11.8. The summed E-state index contributed by atoms with van der Waals surface area (Å²) in [6.07, 6.45) is -14.6. The summed E-state index contributed by atoms with van der Waals surface area (Å²) in [5.41, 5.74) is 0. The summed E-state index contributed by atoms with van der Waals surface area (Å²) in [6.45, 7) is 0.169. The Bertz CT molecular complexity index is 316. The topological polar surface area (TPSA) is 82.1 Å². The van der Waals surface area contributed by atoms with Crippen LogP contribution in [0.3, 0.4) is 0 Å². The Morgan fingerprint density at radius 2 is 1.64 bits per heavy atom. The fourth-order valence-electron chi connectivity index (χ4n) is 0.779. The molecule has 22 heavy (non-hydrogen) atoms. The maximum atomic E-state index is 11.8. The minimum Gasteiger partial charge on any atom is -0.450 e. The molecule has 0 aromatic rings. The Balaban J connectivity index is 0. The molecule has 0 aliphatic rings. The summed E-state index contributed by atoms with van der Waals surface area (Å²) in [6, 6.07) is 0. The molecule has 0 aliphatic carbocycles. The van der Waals surface area contributed by atoms with E-state index in [9.17, 15) is 35.9 Å². The third-order valence-corrected chi connectivity index (χ3v) is 1.55. The largest absolute Gasteiger partial charge is 0.511 e. The minimum absolute atomic E-state index is 0.0468. The van der Waals surface area contributed by atoms with Crippen molar-refractivity contribution < 1.29 is 55.2 Å². The maximum Gasteiger partial charge on any atom is 0.511 e. The molecular weight excluding hydrogens is 330 g/mol. The molecule has 12 heteroatoms. The van der Waals surface area contributed by atoms with Crippen molar-refractivity contribution in [1.29, 1.82) is 0 Å². The molecule has 0 bridgehead atoms. The van der Waals surface area contributed by atoms with Gasteiger partial charge in [-0.3, -0.25) is 0 Å². The van der Waals surface area contributed by atoms with E-state index >= 15 is 0 Å². The third-order valence-electron chi connectivity index (χ3n) is 1.55. The highest BCUT2D eigenvalue weighted by atomic mass is 19.3. The van der Waals surface area contributed by atoms with Gasteiger partial charge in [0.2, 0.25) is 6.43 Å². The summed E-state index contributed by atoms with van der Waals surface area (Å²) >= 11 is 0. The first-order valence-corrected chi connectivity index (χ1v) is 5.63. The van der Waals surface area contributed by atoms with E-state index in [4.69, 9.17) is 5.11 Å². The van der Waals surface area contributed by atoms with E-state index in [0.29, 0.717) is 0 Å². The van der Waals surface area contributed by atoms with Crippen molar-refractivity contribution >= 4 is 12.3 Å². The predicted octanol–water partition coefficient (Wildman–Crippen LogP) is 3.39. The Labute approximate surface area is 120 Å². The zero-order valence-corrected chi connectivity index (χ0v) is 11.2. The zero-order valence-electron chi connectivity index (χ0n) is 11.2. The van der Waals surface area contributed by atoms with E-state index < -0.39 is 50.7 Å². The molecule has 6 nitrogen and oxygen atoms in total. The summed E-state index contributed by atoms with van der Waals surface area (Å²) in [5.74, 6) is 0. The van der Waals surface area contributed by atoms with Crippen LogP contribution in [0.25, 0.3) is 0 Å². The summed E-state index contributed by atoms with van der Waals surface area (Å²) < 4.78 is 80.4. The van der Waals surface area contributed by atoms with E-state index in [0.717, 1.165) is 0 Å². The van der Waals surface area contributed by atoms with Gasteiger partial charge in [0.1, 0.15) is 12.8 Å². The number of carbonyl (C=O) groups is 2. The molecule has 0 spiro atoms. The molecule has 0 saturated carbocycles. The number of hydrogen-bond acceptors (Lipinski definition) is 5. The molecule has 0 aromatic carbocycles. The number of rotatable bonds is 7. The SMILES string of the molecule is CCOC(=O)OC(F)C(F)F.O=C(O)OC(CF)CC(F)F. The summed E-state index contributed by atoms with van der Waals surface area (Å²) in [7, 11) is 0. The predicted molar refractivity (Wildman–Crippen MR) is 58.5 cm³/mol. The lowest BCUT2D eigenvalue weighted by atomic mass is 10.3. The lowest BCUT2D eigenvalue weighted by Crippen LogP contribution is -2.21. The van der Waals surface area contributed by atoms with E-state index in [-0.39, 0.29) is 6.61 Å². The van der Waals surface area contributed by atoms with E-state index in [1.54, 1.807) is 0 Å². The average molecular weight is 344 g/mol. The minimum atomic E-state index is -3.33. The van der Waals surface area contributed by atoms with Crippen molar-refractivity contribution in [2.45, 2.75) is 38.7 Å². The fraction of sp³-hybridized carbons (Fsp3) is 0.800. The van der Waals surface area contributed by atoms with Crippen molar-refractivity contribution in [3.05, 3.63) is 0 Å². The van der Waals surface area contributed by atoms with Crippen LogP contribution in [-0.4, -0.2) is 56.0 Å². The molecule has 0 rings (SSSR count). The molecule has 1 N–H and O–H groups in total. The number of carbonyl (C=O) groups excluding carboxylic acids is 1. The van der Waals surface area contributed by atoms with Crippen LogP contribution in [0.2, 0.25) is 0 Å². The lowest BCUT2D eigenvalue weighted by molar-refractivity contribution is -0.109. The molecule has 0 fully saturated rings. The van der Waals surface area contributed by atoms with E-state index in [2.05, 4.69) is 14.2 Å². The van der Waals surface area contributed by atoms with Gasteiger partial charge in [-0.15, -0.1) is 0 Å². The standard InChI is InChI=1S/2C5H7F3O3/c6-2-3(1-4(7)8)11-5(9)10;1-2-10-5(9)11-4(8)3(6)7/h3-4H,1-2H2,(H,9,10);3-4H,2H2,1H3. The summed E-state index contributed by atoms with van der Waals surface area (Å²) in [4.78, 5) is 19.9. The molecule has 132 valence electrons. The number of hydrogen-bond donors (Lipinski definition) is 1. The van der Waals surface area contributed by atoms with Crippen molar-refractivity contribution in [2.75, 3.05) is 13.3 Å². The van der Waals surface area contributed by atoms with E-state index in [1.807, 2.05) is 0 Å². The van der Waals surface area contributed by atoms with Gasteiger partial charge in [-0.1, -0.05) is 0 Å². The second kappa shape index (κ2) is 12.8. The molecular formula is C10H14F6O6. The second-order valence-corrected chi connectivity index (χ2v) is 3.27. The third kappa shape index (κ3) is 14.5. The van der Waals surface area contributed by atoms with Crippen LogP contribution in [0.5, 0.6) is 0 Å². The first kappa shape index (κ1) is 22.4. The normalized spacial score (nSPS) is 13.0. The van der Waals surface area contributed by atoms with Gasteiger partial charge in [0.15, 0.2) is 0 Å². The molecule has 2 unspecified atom stereocenters. The average Bonchev–Trinajstić information content (AvgIpc) is 2.37. The Morgan fingerprint density at radius 1 is 1.09 bits per heavy atom. The number of halogens is 6. The van der Waals surface area contributed by atoms with Crippen molar-refractivity contribution in [3.8, 4) is 0 Å². The smallest absolute Gasteiger partial charge is 0.450 e. The number of ether oxygens (including phenoxy) is 3. The van der Waals surface area contributed by atoms with Crippen molar-refractivity contribution in [1.82, 2.24) is 0 Å². The molecule has 0 aromatic heterocycles. The fourth-order valence-corrected chi connectivity index (χ4v) is 0.779. The second-order valence-electron chi connectivity index (χ2n) is 3.27. The highest BCUT2D eigenvalue weighted by Crippen LogP contribution is 2.08. The van der Waals surface area contributed by atoms with Crippen LogP contribution < -0.4 is 0 Å². The van der Waals surface area contributed by atoms with Gasteiger partial charge < -0.3 is 19.3 Å². The van der Waals surface area contributed by atoms with Crippen LogP contribution in [0, 0.1) is 0 Å². The monoisotopic (exact) mass is 344 g/mol. The van der Waals surface area contributed by atoms with E-state index in [1.165, 1.54) is 6.92 Å². The van der Waals surface area contributed by atoms with Gasteiger partial charge in [0.25, 0.3) is 0 Å². The van der Waals surface area contributed by atoms with Crippen LogP contribution >= 0.6 is 0 Å². The Kier molecular flexibility index (Phi) is 13.1. The molecule has 0 aliphatic heterocycles. The van der Waals surface area contributed by atoms with Crippen LogP contribution in [0.4, 0.5) is 35.9 Å². The van der Waals surface area contributed by atoms with Crippen LogP contribution in [-0.2, 0) is 14.2 Å². The molecule has 0 heterocycles. The zero-order chi connectivity index (χ0) is 17.7.